The third-order valence-corrected chi connectivity index (χ3v) is 6.40. The van der Waals surface area contributed by atoms with Gasteiger partial charge in [-0.2, -0.15) is 0 Å². The summed E-state index contributed by atoms with van der Waals surface area (Å²) in [7, 11) is 0. The molecule has 4 rings (SSSR count). The van der Waals surface area contributed by atoms with Crippen molar-refractivity contribution in [3.63, 3.8) is 0 Å². The van der Waals surface area contributed by atoms with E-state index in [1.165, 1.54) is 17.4 Å². The van der Waals surface area contributed by atoms with E-state index in [4.69, 9.17) is 9.15 Å². The van der Waals surface area contributed by atoms with E-state index in [2.05, 4.69) is 36.1 Å². The highest BCUT2D eigenvalue weighted by molar-refractivity contribution is 5.91. The Hall–Kier alpha value is -3.13. The summed E-state index contributed by atoms with van der Waals surface area (Å²) in [5, 5.41) is 0. The van der Waals surface area contributed by atoms with E-state index in [9.17, 15) is 14.4 Å². The summed E-state index contributed by atoms with van der Waals surface area (Å²) in [6.07, 6.45) is 2.52. The zero-order valence-corrected chi connectivity index (χ0v) is 19.1. The molecule has 2 fully saturated rings. The van der Waals surface area contributed by atoms with Crippen LogP contribution in [-0.2, 0) is 20.9 Å². The molecule has 2 amide bonds. The SMILES string of the molecule is Cc1cccc(CN2CCN(C(=O)COC(=O)C3CCN(C(=O)c4ccco4)CC3)CC2)c1. The predicted octanol–water partition coefficient (Wildman–Crippen LogP) is 2.33. The Bertz CT molecular complexity index is 958. The maximum atomic E-state index is 12.5. The summed E-state index contributed by atoms with van der Waals surface area (Å²) in [5.74, 6) is -0.649. The summed E-state index contributed by atoms with van der Waals surface area (Å²) < 4.78 is 10.5. The van der Waals surface area contributed by atoms with Crippen molar-refractivity contribution in [1.82, 2.24) is 14.7 Å². The van der Waals surface area contributed by atoms with Crippen LogP contribution in [0, 0.1) is 12.8 Å². The molecule has 0 unspecified atom stereocenters. The fourth-order valence-corrected chi connectivity index (χ4v) is 4.44. The number of nitrogens with zero attached hydrogens (tertiary/aromatic N) is 3. The molecule has 1 aromatic carbocycles. The smallest absolute Gasteiger partial charge is 0.309 e. The number of esters is 1. The van der Waals surface area contributed by atoms with Gasteiger partial charge in [-0.1, -0.05) is 29.8 Å². The van der Waals surface area contributed by atoms with Gasteiger partial charge in [0.05, 0.1) is 12.2 Å². The van der Waals surface area contributed by atoms with E-state index in [-0.39, 0.29) is 30.3 Å². The van der Waals surface area contributed by atoms with Crippen LogP contribution in [0.3, 0.4) is 0 Å². The zero-order valence-electron chi connectivity index (χ0n) is 19.1. The summed E-state index contributed by atoms with van der Waals surface area (Å²) >= 11 is 0. The number of furan rings is 1. The Kier molecular flexibility index (Phi) is 7.44. The van der Waals surface area contributed by atoms with E-state index in [0.29, 0.717) is 44.8 Å². The molecule has 8 heteroatoms. The van der Waals surface area contributed by atoms with Gasteiger partial charge >= 0.3 is 5.97 Å². The van der Waals surface area contributed by atoms with Crippen LogP contribution in [0.5, 0.6) is 0 Å². The number of amides is 2. The molecule has 0 aliphatic carbocycles. The Labute approximate surface area is 194 Å². The molecule has 3 heterocycles. The van der Waals surface area contributed by atoms with Crippen LogP contribution in [0.1, 0.15) is 34.5 Å². The molecular weight excluding hydrogens is 422 g/mol. The van der Waals surface area contributed by atoms with Gasteiger partial charge in [0, 0.05) is 45.8 Å². The number of piperazine rings is 1. The summed E-state index contributed by atoms with van der Waals surface area (Å²) in [5.41, 5.74) is 2.53. The molecule has 0 saturated carbocycles. The molecule has 8 nitrogen and oxygen atoms in total. The summed E-state index contributed by atoms with van der Waals surface area (Å²) in [6, 6.07) is 11.8. The van der Waals surface area contributed by atoms with Crippen LogP contribution >= 0.6 is 0 Å². The largest absolute Gasteiger partial charge is 0.459 e. The molecule has 2 aliphatic rings. The summed E-state index contributed by atoms with van der Waals surface area (Å²) in [4.78, 5) is 43.1. The third kappa shape index (κ3) is 6.01. The normalized spacial score (nSPS) is 17.7. The number of carbonyl (C=O) groups is 3. The van der Waals surface area contributed by atoms with Gasteiger partial charge in [-0.3, -0.25) is 19.3 Å². The fourth-order valence-electron chi connectivity index (χ4n) is 4.44. The quantitative estimate of drug-likeness (QED) is 0.625. The van der Waals surface area contributed by atoms with Gasteiger partial charge in [0.15, 0.2) is 12.4 Å². The number of benzene rings is 1. The Balaban J connectivity index is 1.15. The van der Waals surface area contributed by atoms with E-state index >= 15 is 0 Å². The van der Waals surface area contributed by atoms with Crippen LogP contribution in [-0.4, -0.2) is 78.4 Å². The van der Waals surface area contributed by atoms with E-state index in [1.54, 1.807) is 21.9 Å². The monoisotopic (exact) mass is 453 g/mol. The maximum absolute atomic E-state index is 12.5. The molecule has 0 radical (unpaired) electrons. The number of ether oxygens (including phenoxy) is 1. The second-order valence-electron chi connectivity index (χ2n) is 8.80. The number of piperidine rings is 1. The number of likely N-dealkylation sites (tertiary alicyclic amines) is 1. The highest BCUT2D eigenvalue weighted by Crippen LogP contribution is 2.21. The first-order valence-corrected chi connectivity index (χ1v) is 11.5. The van der Waals surface area contributed by atoms with Gasteiger partial charge in [0.2, 0.25) is 0 Å². The molecule has 2 aliphatic heterocycles. The third-order valence-electron chi connectivity index (χ3n) is 6.40. The first-order valence-electron chi connectivity index (χ1n) is 11.5. The van der Waals surface area contributed by atoms with Crippen molar-refractivity contribution in [2.75, 3.05) is 45.9 Å². The summed E-state index contributed by atoms with van der Waals surface area (Å²) in [6.45, 7) is 6.55. The molecule has 33 heavy (non-hydrogen) atoms. The van der Waals surface area contributed by atoms with Crippen LogP contribution in [0.15, 0.2) is 47.1 Å². The molecule has 0 spiro atoms. The molecule has 1 aromatic heterocycles. The molecule has 176 valence electrons. The second kappa shape index (κ2) is 10.7. The second-order valence-corrected chi connectivity index (χ2v) is 8.80. The number of rotatable bonds is 6. The molecule has 2 aromatic rings. The van der Waals surface area contributed by atoms with Gasteiger partial charge in [0.1, 0.15) is 0 Å². The van der Waals surface area contributed by atoms with Crippen molar-refractivity contribution in [3.05, 3.63) is 59.5 Å². The minimum atomic E-state index is -0.355. The lowest BCUT2D eigenvalue weighted by Gasteiger charge is -2.35. The highest BCUT2D eigenvalue weighted by atomic mass is 16.5. The average molecular weight is 454 g/mol. The Morgan fingerprint density at radius 2 is 1.73 bits per heavy atom. The minimum absolute atomic E-state index is 0.149. The lowest BCUT2D eigenvalue weighted by molar-refractivity contribution is -0.157. The van der Waals surface area contributed by atoms with Gasteiger partial charge in [0.25, 0.3) is 11.8 Å². The molecule has 2 saturated heterocycles. The first-order chi connectivity index (χ1) is 16.0. The molecular formula is C25H31N3O5. The number of hydrogen-bond acceptors (Lipinski definition) is 6. The maximum Gasteiger partial charge on any atom is 0.309 e. The van der Waals surface area contributed by atoms with E-state index in [0.717, 1.165) is 19.6 Å². The lowest BCUT2D eigenvalue weighted by atomic mass is 9.97. The van der Waals surface area contributed by atoms with Crippen molar-refractivity contribution >= 4 is 17.8 Å². The van der Waals surface area contributed by atoms with Crippen molar-refractivity contribution in [2.45, 2.75) is 26.3 Å². The molecule has 0 bridgehead atoms. The van der Waals surface area contributed by atoms with Crippen LogP contribution in [0.25, 0.3) is 0 Å². The number of carbonyl (C=O) groups excluding carboxylic acids is 3. The van der Waals surface area contributed by atoms with E-state index in [1.807, 2.05) is 0 Å². The first kappa shape index (κ1) is 23.0. The van der Waals surface area contributed by atoms with Gasteiger partial charge in [-0.25, -0.2) is 0 Å². The van der Waals surface area contributed by atoms with Crippen molar-refractivity contribution in [1.29, 1.82) is 0 Å². The molecule has 0 atom stereocenters. The minimum Gasteiger partial charge on any atom is -0.459 e. The predicted molar refractivity (Wildman–Crippen MR) is 121 cm³/mol. The van der Waals surface area contributed by atoms with Crippen LogP contribution in [0.4, 0.5) is 0 Å². The van der Waals surface area contributed by atoms with E-state index < -0.39 is 0 Å². The highest BCUT2D eigenvalue weighted by Gasteiger charge is 2.30. The van der Waals surface area contributed by atoms with Crippen LogP contribution < -0.4 is 0 Å². The topological polar surface area (TPSA) is 83.3 Å². The lowest BCUT2D eigenvalue weighted by Crippen LogP contribution is -2.49. The fraction of sp³-hybridized carbons (Fsp3) is 0.480. The van der Waals surface area contributed by atoms with Crippen LogP contribution in [0.2, 0.25) is 0 Å². The van der Waals surface area contributed by atoms with Crippen molar-refractivity contribution < 1.29 is 23.5 Å². The number of hydrogen-bond donors (Lipinski definition) is 0. The Morgan fingerprint density at radius 1 is 0.970 bits per heavy atom. The average Bonchev–Trinajstić information content (AvgIpc) is 3.37. The zero-order chi connectivity index (χ0) is 23.2. The van der Waals surface area contributed by atoms with Gasteiger partial charge in [-0.15, -0.1) is 0 Å². The Morgan fingerprint density at radius 3 is 2.39 bits per heavy atom. The standard InChI is InChI=1S/C25H31N3O5/c1-19-4-2-5-20(16-19)17-26-11-13-27(14-12-26)23(29)18-33-25(31)21-7-9-28(10-8-21)24(30)22-6-3-15-32-22/h2-6,15-16,21H,7-14,17-18H2,1H3. The molecule has 0 N–H and O–H groups in total. The number of aryl methyl sites for hydroxylation is 1. The van der Waals surface area contributed by atoms with Gasteiger partial charge in [-0.05, 0) is 37.5 Å². The van der Waals surface area contributed by atoms with Crippen molar-refractivity contribution in [3.8, 4) is 0 Å². The van der Waals surface area contributed by atoms with Crippen molar-refractivity contribution in [2.24, 2.45) is 5.92 Å². The van der Waals surface area contributed by atoms with Gasteiger partial charge < -0.3 is 19.0 Å².